The second-order valence-electron chi connectivity index (χ2n) is 5.30. The zero-order valence-electron chi connectivity index (χ0n) is 10.4. The Balaban J connectivity index is 2.08. The highest BCUT2D eigenvalue weighted by Crippen LogP contribution is 2.55. The monoisotopic (exact) mass is 222 g/mol. The first-order valence-corrected chi connectivity index (χ1v) is 6.49. The van der Waals surface area contributed by atoms with Crippen molar-refractivity contribution < 1.29 is 9.53 Å². The SMILES string of the molecule is CCCCCC1(C(=O)OC)CC2C=CC1C2. The standard InChI is InChI=1S/C14H22O2/c1-3-4-5-8-14(13(15)16-2)10-11-6-7-12(14)9-11/h6-7,11-12H,3-5,8-10H2,1-2H3. The highest BCUT2D eigenvalue weighted by Gasteiger charge is 2.53. The molecule has 0 spiro atoms. The van der Waals surface area contributed by atoms with E-state index in [1.165, 1.54) is 26.4 Å². The number of fused-ring (bicyclic) bond motifs is 2. The molecule has 0 N–H and O–H groups in total. The van der Waals surface area contributed by atoms with Crippen LogP contribution in [0.25, 0.3) is 0 Å². The molecule has 0 aromatic rings. The molecule has 1 saturated carbocycles. The zero-order valence-corrected chi connectivity index (χ0v) is 10.4. The largest absolute Gasteiger partial charge is 0.469 e. The molecule has 2 aliphatic rings. The third kappa shape index (κ3) is 1.79. The van der Waals surface area contributed by atoms with Gasteiger partial charge < -0.3 is 4.74 Å². The Hall–Kier alpha value is -0.790. The molecular weight excluding hydrogens is 200 g/mol. The van der Waals surface area contributed by atoms with E-state index < -0.39 is 0 Å². The molecule has 3 unspecified atom stereocenters. The van der Waals surface area contributed by atoms with Gasteiger partial charge in [0.1, 0.15) is 0 Å². The maximum absolute atomic E-state index is 12.1. The summed E-state index contributed by atoms with van der Waals surface area (Å²) in [6, 6.07) is 0. The second kappa shape index (κ2) is 4.60. The molecule has 0 aromatic carbocycles. The number of hydrogen-bond donors (Lipinski definition) is 0. The van der Waals surface area contributed by atoms with Gasteiger partial charge in [-0.25, -0.2) is 0 Å². The average molecular weight is 222 g/mol. The summed E-state index contributed by atoms with van der Waals surface area (Å²) >= 11 is 0. The van der Waals surface area contributed by atoms with E-state index >= 15 is 0 Å². The van der Waals surface area contributed by atoms with E-state index in [0.717, 1.165) is 19.3 Å². The third-order valence-corrected chi connectivity index (χ3v) is 4.33. The topological polar surface area (TPSA) is 26.3 Å². The minimum Gasteiger partial charge on any atom is -0.469 e. The normalized spacial score (nSPS) is 35.6. The van der Waals surface area contributed by atoms with Gasteiger partial charge in [-0.05, 0) is 31.1 Å². The lowest BCUT2D eigenvalue weighted by atomic mass is 9.72. The van der Waals surface area contributed by atoms with Gasteiger partial charge in [-0.15, -0.1) is 0 Å². The van der Waals surface area contributed by atoms with Crippen molar-refractivity contribution in [3.63, 3.8) is 0 Å². The van der Waals surface area contributed by atoms with Crippen LogP contribution in [-0.4, -0.2) is 13.1 Å². The minimum atomic E-state index is -0.177. The predicted octanol–water partition coefficient (Wildman–Crippen LogP) is 3.32. The van der Waals surface area contributed by atoms with Crippen molar-refractivity contribution in [2.75, 3.05) is 7.11 Å². The van der Waals surface area contributed by atoms with Crippen molar-refractivity contribution in [2.45, 2.75) is 45.4 Å². The number of allylic oxidation sites excluding steroid dienone is 2. The molecule has 0 saturated heterocycles. The predicted molar refractivity (Wildman–Crippen MR) is 63.9 cm³/mol. The van der Waals surface area contributed by atoms with Gasteiger partial charge in [0.2, 0.25) is 0 Å². The average Bonchev–Trinajstić information content (AvgIpc) is 2.89. The lowest BCUT2D eigenvalue weighted by Crippen LogP contribution is -2.36. The summed E-state index contributed by atoms with van der Waals surface area (Å²) in [6.45, 7) is 2.20. The number of methoxy groups -OCH3 is 1. The van der Waals surface area contributed by atoms with Crippen LogP contribution in [0.4, 0.5) is 0 Å². The fraction of sp³-hybridized carbons (Fsp3) is 0.786. The molecule has 16 heavy (non-hydrogen) atoms. The van der Waals surface area contributed by atoms with Crippen molar-refractivity contribution in [1.82, 2.24) is 0 Å². The molecule has 0 heterocycles. The molecule has 2 nitrogen and oxygen atoms in total. The number of rotatable bonds is 5. The van der Waals surface area contributed by atoms with Crippen LogP contribution in [-0.2, 0) is 9.53 Å². The van der Waals surface area contributed by atoms with Gasteiger partial charge in [0.15, 0.2) is 0 Å². The Morgan fingerprint density at radius 2 is 2.25 bits per heavy atom. The van der Waals surface area contributed by atoms with Gasteiger partial charge >= 0.3 is 5.97 Å². The third-order valence-electron chi connectivity index (χ3n) is 4.33. The molecule has 0 aromatic heterocycles. The number of hydrogen-bond acceptors (Lipinski definition) is 2. The summed E-state index contributed by atoms with van der Waals surface area (Å²) in [4.78, 5) is 12.1. The minimum absolute atomic E-state index is 0.0282. The van der Waals surface area contributed by atoms with Crippen molar-refractivity contribution >= 4 is 5.97 Å². The van der Waals surface area contributed by atoms with Gasteiger partial charge in [-0.2, -0.15) is 0 Å². The van der Waals surface area contributed by atoms with E-state index in [0.29, 0.717) is 11.8 Å². The fourth-order valence-corrected chi connectivity index (χ4v) is 3.47. The summed E-state index contributed by atoms with van der Waals surface area (Å²) in [7, 11) is 1.53. The summed E-state index contributed by atoms with van der Waals surface area (Å²) in [5, 5.41) is 0. The van der Waals surface area contributed by atoms with Crippen LogP contribution < -0.4 is 0 Å². The number of carbonyl (C=O) groups excluding carboxylic acids is 1. The van der Waals surface area contributed by atoms with Crippen LogP contribution in [0, 0.1) is 17.3 Å². The van der Waals surface area contributed by atoms with Crippen molar-refractivity contribution in [3.05, 3.63) is 12.2 Å². The highest BCUT2D eigenvalue weighted by atomic mass is 16.5. The first kappa shape index (κ1) is 11.7. The van der Waals surface area contributed by atoms with Crippen molar-refractivity contribution in [1.29, 1.82) is 0 Å². The highest BCUT2D eigenvalue weighted by molar-refractivity contribution is 5.78. The van der Waals surface area contributed by atoms with Crippen LogP contribution >= 0.6 is 0 Å². The number of esters is 1. The van der Waals surface area contributed by atoms with Gasteiger partial charge in [0.05, 0.1) is 12.5 Å². The van der Waals surface area contributed by atoms with Gasteiger partial charge in [0, 0.05) is 0 Å². The quantitative estimate of drug-likeness (QED) is 0.405. The molecule has 1 fully saturated rings. The lowest BCUT2D eigenvalue weighted by molar-refractivity contribution is -0.155. The first-order valence-electron chi connectivity index (χ1n) is 6.49. The van der Waals surface area contributed by atoms with Gasteiger partial charge in [-0.3, -0.25) is 4.79 Å². The summed E-state index contributed by atoms with van der Waals surface area (Å²) in [5.74, 6) is 1.10. The van der Waals surface area contributed by atoms with Crippen molar-refractivity contribution in [3.8, 4) is 0 Å². The Labute approximate surface area is 98.1 Å². The van der Waals surface area contributed by atoms with Crippen molar-refractivity contribution in [2.24, 2.45) is 17.3 Å². The van der Waals surface area contributed by atoms with E-state index in [2.05, 4.69) is 19.1 Å². The Morgan fingerprint density at radius 1 is 1.44 bits per heavy atom. The Morgan fingerprint density at radius 3 is 2.75 bits per heavy atom. The van der Waals surface area contributed by atoms with Crippen LogP contribution in [0.3, 0.4) is 0 Å². The molecule has 2 aliphatic carbocycles. The van der Waals surface area contributed by atoms with E-state index in [-0.39, 0.29) is 11.4 Å². The number of carbonyl (C=O) groups is 1. The fourth-order valence-electron chi connectivity index (χ4n) is 3.47. The van der Waals surface area contributed by atoms with Crippen LogP contribution in [0.2, 0.25) is 0 Å². The molecule has 0 aliphatic heterocycles. The maximum atomic E-state index is 12.1. The van der Waals surface area contributed by atoms with E-state index in [9.17, 15) is 4.79 Å². The maximum Gasteiger partial charge on any atom is 0.312 e. The molecule has 2 heteroatoms. The first-order chi connectivity index (χ1) is 7.73. The second-order valence-corrected chi connectivity index (χ2v) is 5.30. The van der Waals surface area contributed by atoms with Crippen LogP contribution in [0.1, 0.15) is 45.4 Å². The molecule has 0 radical (unpaired) electrons. The Kier molecular flexibility index (Phi) is 3.36. The summed E-state index contributed by atoms with van der Waals surface area (Å²) < 4.78 is 5.05. The summed E-state index contributed by atoms with van der Waals surface area (Å²) in [5.41, 5.74) is -0.177. The smallest absolute Gasteiger partial charge is 0.312 e. The lowest BCUT2D eigenvalue weighted by Gasteiger charge is -2.32. The van der Waals surface area contributed by atoms with Gasteiger partial charge in [0.25, 0.3) is 0 Å². The number of ether oxygens (including phenoxy) is 1. The van der Waals surface area contributed by atoms with E-state index in [1.54, 1.807) is 0 Å². The molecule has 3 atom stereocenters. The molecular formula is C14H22O2. The molecule has 2 rings (SSSR count). The molecule has 90 valence electrons. The Bertz CT molecular complexity index is 295. The van der Waals surface area contributed by atoms with Crippen LogP contribution in [0.5, 0.6) is 0 Å². The molecule has 0 amide bonds. The zero-order chi connectivity index (χ0) is 11.6. The summed E-state index contributed by atoms with van der Waals surface area (Å²) in [6.07, 6.45) is 11.3. The number of unbranched alkanes of at least 4 members (excludes halogenated alkanes) is 2. The molecule has 2 bridgehead atoms. The van der Waals surface area contributed by atoms with Crippen LogP contribution in [0.15, 0.2) is 12.2 Å². The van der Waals surface area contributed by atoms with E-state index in [1.807, 2.05) is 0 Å². The van der Waals surface area contributed by atoms with Gasteiger partial charge in [-0.1, -0.05) is 38.3 Å². The van der Waals surface area contributed by atoms with E-state index in [4.69, 9.17) is 4.74 Å².